The van der Waals surface area contributed by atoms with Crippen molar-refractivity contribution in [1.29, 1.82) is 0 Å². The van der Waals surface area contributed by atoms with Crippen LogP contribution in [0.1, 0.15) is 76.2 Å². The topological polar surface area (TPSA) is 24.8 Å². The van der Waals surface area contributed by atoms with E-state index in [0.29, 0.717) is 0 Å². The molecule has 1 N–H and O–H groups in total. The van der Waals surface area contributed by atoms with Gasteiger partial charge in [-0.3, -0.25) is 4.57 Å². The van der Waals surface area contributed by atoms with Gasteiger partial charge in [0, 0.05) is 24.0 Å². The highest BCUT2D eigenvalue weighted by atomic mass is 31.2. The second-order valence-electron chi connectivity index (χ2n) is 10.5. The summed E-state index contributed by atoms with van der Waals surface area (Å²) in [4.78, 5) is 1.52. The summed E-state index contributed by atoms with van der Waals surface area (Å²) in [5.41, 5.74) is 2.72. The lowest BCUT2D eigenvalue weighted by Gasteiger charge is -2.43. The molecule has 0 spiro atoms. The molecule has 0 saturated carbocycles. The van der Waals surface area contributed by atoms with E-state index in [9.17, 15) is 0 Å². The quantitative estimate of drug-likeness (QED) is 0.653. The zero-order valence-electron chi connectivity index (χ0n) is 19.6. The monoisotopic (exact) mass is 439 g/mol. The zero-order chi connectivity index (χ0) is 21.9. The number of quaternary nitrogens is 1. The lowest BCUT2D eigenvalue weighted by molar-refractivity contribution is -0.922. The van der Waals surface area contributed by atoms with Crippen molar-refractivity contribution in [3.63, 3.8) is 0 Å². The molecule has 0 amide bonds. The Morgan fingerprint density at radius 1 is 0.806 bits per heavy atom. The van der Waals surface area contributed by atoms with Crippen molar-refractivity contribution >= 4 is 12.6 Å². The second-order valence-corrected chi connectivity index (χ2v) is 13.3. The number of nitrogens with zero attached hydrogens (tertiary/aromatic N) is 1. The summed E-state index contributed by atoms with van der Waals surface area (Å²) in [6, 6.07) is 19.5. The van der Waals surface area contributed by atoms with E-state index in [4.69, 9.17) is 0 Å². The number of nitrogens with one attached hydrogen (secondary N) is 1. The van der Waals surface area contributed by atoms with Gasteiger partial charge >= 0.3 is 0 Å². The standard InChI is InChI=1S/C27H39N2OP/c1-27(2,3)24-17-15-23(16-18-24)26(28-19-9-5-10-20-28)31(30,25-13-7-4-8-14-25)29-21-11-6-12-22-29/h4,7-8,13-18,26H,5-6,9-12,19-22H2,1-3H3/p+1/t26-,31+/m0/s1. The Morgan fingerprint density at radius 3 is 1.97 bits per heavy atom. The van der Waals surface area contributed by atoms with Crippen LogP contribution in [0.4, 0.5) is 0 Å². The number of piperidine rings is 2. The predicted octanol–water partition coefficient (Wildman–Crippen LogP) is 5.14. The molecule has 2 aliphatic heterocycles. The zero-order valence-corrected chi connectivity index (χ0v) is 20.5. The molecule has 0 aromatic heterocycles. The molecule has 2 aliphatic rings. The minimum atomic E-state index is -2.81. The summed E-state index contributed by atoms with van der Waals surface area (Å²) in [6.07, 6.45) is 7.34. The van der Waals surface area contributed by atoms with E-state index in [1.165, 1.54) is 41.7 Å². The first kappa shape index (κ1) is 22.8. The van der Waals surface area contributed by atoms with E-state index >= 15 is 4.57 Å². The maximum atomic E-state index is 15.4. The number of benzene rings is 2. The van der Waals surface area contributed by atoms with Gasteiger partial charge in [-0.25, -0.2) is 4.67 Å². The second kappa shape index (κ2) is 9.61. The molecule has 2 aromatic carbocycles. The predicted molar refractivity (Wildman–Crippen MR) is 132 cm³/mol. The molecule has 4 rings (SSSR count). The fraction of sp³-hybridized carbons (Fsp3) is 0.556. The molecule has 0 aliphatic carbocycles. The normalized spacial score (nSPS) is 22.0. The highest BCUT2D eigenvalue weighted by molar-refractivity contribution is 7.69. The van der Waals surface area contributed by atoms with Gasteiger partial charge < -0.3 is 4.90 Å². The summed E-state index contributed by atoms with van der Waals surface area (Å²) in [5.74, 6) is 0.0160. The van der Waals surface area contributed by atoms with Crippen LogP contribution >= 0.6 is 7.29 Å². The highest BCUT2D eigenvalue weighted by Crippen LogP contribution is 2.59. The molecule has 2 fully saturated rings. The van der Waals surface area contributed by atoms with Gasteiger partial charge in [0.1, 0.15) is 0 Å². The Balaban J connectivity index is 1.83. The summed E-state index contributed by atoms with van der Waals surface area (Å²) in [6.45, 7) is 10.9. The SMILES string of the molecule is CC(C)(C)c1ccc([C@@H]([NH+]2CCCCC2)[P@](=O)(c2ccccc2)N2CCCCC2)cc1. The minimum absolute atomic E-state index is 0.0160. The molecule has 2 saturated heterocycles. The molecule has 2 atom stereocenters. The lowest BCUT2D eigenvalue weighted by atomic mass is 9.86. The van der Waals surface area contributed by atoms with Crippen LogP contribution in [-0.2, 0) is 9.98 Å². The van der Waals surface area contributed by atoms with Gasteiger partial charge in [-0.1, -0.05) is 69.7 Å². The summed E-state index contributed by atoms with van der Waals surface area (Å²) in [5, 5.41) is 1.04. The number of rotatable bonds is 5. The molecule has 168 valence electrons. The van der Waals surface area contributed by atoms with E-state index < -0.39 is 7.29 Å². The van der Waals surface area contributed by atoms with Crippen LogP contribution < -0.4 is 10.2 Å². The number of likely N-dealkylation sites (tertiary alicyclic amines) is 1. The van der Waals surface area contributed by atoms with Gasteiger partial charge in [-0.15, -0.1) is 0 Å². The minimum Gasteiger partial charge on any atom is -0.321 e. The molecule has 0 bridgehead atoms. The van der Waals surface area contributed by atoms with E-state index in [2.05, 4.69) is 74.0 Å². The van der Waals surface area contributed by atoms with E-state index in [1.807, 2.05) is 6.07 Å². The largest absolute Gasteiger partial charge is 0.321 e. The van der Waals surface area contributed by atoms with Crippen LogP contribution in [0.25, 0.3) is 0 Å². The molecule has 2 heterocycles. The fourth-order valence-electron chi connectivity index (χ4n) is 5.42. The van der Waals surface area contributed by atoms with Crippen LogP contribution in [0.3, 0.4) is 0 Å². The Kier molecular flexibility index (Phi) is 7.06. The van der Waals surface area contributed by atoms with E-state index in [0.717, 1.165) is 44.3 Å². The molecule has 0 unspecified atom stereocenters. The summed E-state index contributed by atoms with van der Waals surface area (Å²) >= 11 is 0. The summed E-state index contributed by atoms with van der Waals surface area (Å²) < 4.78 is 17.7. The van der Waals surface area contributed by atoms with Crippen LogP contribution in [0, 0.1) is 0 Å². The molecule has 4 heteroatoms. The van der Waals surface area contributed by atoms with Gasteiger partial charge in [0.25, 0.3) is 0 Å². The smallest absolute Gasteiger partial charge is 0.238 e. The van der Waals surface area contributed by atoms with E-state index in [-0.39, 0.29) is 11.2 Å². The third-order valence-corrected chi connectivity index (χ3v) is 10.8. The average Bonchev–Trinajstić information content (AvgIpc) is 2.81. The van der Waals surface area contributed by atoms with Crippen LogP contribution in [0.5, 0.6) is 0 Å². The molecule has 3 nitrogen and oxygen atoms in total. The first-order valence-corrected chi connectivity index (χ1v) is 14.0. The number of hydrogen-bond acceptors (Lipinski definition) is 1. The maximum absolute atomic E-state index is 15.4. The fourth-order valence-corrected chi connectivity index (χ4v) is 9.18. The van der Waals surface area contributed by atoms with Gasteiger partial charge in [-0.05, 0) is 55.2 Å². The molecule has 31 heavy (non-hydrogen) atoms. The van der Waals surface area contributed by atoms with Crippen molar-refractivity contribution in [2.45, 2.75) is 70.5 Å². The number of hydrogen-bond donors (Lipinski definition) is 1. The van der Waals surface area contributed by atoms with Gasteiger partial charge in [0.05, 0.1) is 13.1 Å². The van der Waals surface area contributed by atoms with Gasteiger partial charge in [0.15, 0.2) is 5.78 Å². The lowest BCUT2D eigenvalue weighted by Crippen LogP contribution is -3.13. The van der Waals surface area contributed by atoms with Crippen molar-refractivity contribution in [2.24, 2.45) is 0 Å². The third-order valence-electron chi connectivity index (χ3n) is 7.20. The Morgan fingerprint density at radius 2 is 1.39 bits per heavy atom. The van der Waals surface area contributed by atoms with Crippen LogP contribution in [0.2, 0.25) is 0 Å². The molecular weight excluding hydrogens is 399 g/mol. The molecule has 0 radical (unpaired) electrons. The summed E-state index contributed by atoms with van der Waals surface area (Å²) in [7, 11) is -2.81. The van der Waals surface area contributed by atoms with Crippen LogP contribution in [-0.4, -0.2) is 30.8 Å². The Bertz CT molecular complexity index is 876. The van der Waals surface area contributed by atoms with E-state index in [1.54, 1.807) is 0 Å². The van der Waals surface area contributed by atoms with Gasteiger partial charge in [0.2, 0.25) is 7.29 Å². The highest BCUT2D eigenvalue weighted by Gasteiger charge is 2.48. The van der Waals surface area contributed by atoms with Crippen molar-refractivity contribution in [3.05, 3.63) is 65.7 Å². The maximum Gasteiger partial charge on any atom is 0.238 e. The first-order chi connectivity index (χ1) is 14.9. The Labute approximate surface area is 189 Å². The van der Waals surface area contributed by atoms with Crippen molar-refractivity contribution in [3.8, 4) is 0 Å². The van der Waals surface area contributed by atoms with Gasteiger partial charge in [-0.2, -0.15) is 0 Å². The van der Waals surface area contributed by atoms with Crippen LogP contribution in [0.15, 0.2) is 54.6 Å². The van der Waals surface area contributed by atoms with Crippen molar-refractivity contribution < 1.29 is 9.46 Å². The average molecular weight is 440 g/mol. The Hall–Kier alpha value is -1.41. The van der Waals surface area contributed by atoms with Crippen molar-refractivity contribution in [2.75, 3.05) is 26.2 Å². The molecule has 2 aromatic rings. The molecular formula is C27H40N2OP+. The third kappa shape index (κ3) is 4.85. The van der Waals surface area contributed by atoms with Crippen molar-refractivity contribution in [1.82, 2.24) is 4.67 Å². The first-order valence-electron chi connectivity index (χ1n) is 12.3.